The molecule has 0 aromatic rings. The van der Waals surface area contributed by atoms with Gasteiger partial charge in [0.15, 0.2) is 0 Å². The minimum absolute atomic E-state index is 0. The van der Waals surface area contributed by atoms with E-state index in [0.717, 1.165) is 0 Å². The van der Waals surface area contributed by atoms with E-state index in [2.05, 4.69) is 6.58 Å². The molecule has 4 N–H and O–H groups in total. The predicted octanol–water partition coefficient (Wildman–Crippen LogP) is -0.241. The summed E-state index contributed by atoms with van der Waals surface area (Å²) in [5.41, 5.74) is 3.68. The molecule has 0 aromatic carbocycles. The maximum Gasteiger partial charge on any atom is 0.326 e. The molecule has 4 nitrogen and oxygen atoms in total. The van der Waals surface area contributed by atoms with Crippen LogP contribution in [-0.2, 0) is 4.79 Å². The van der Waals surface area contributed by atoms with Gasteiger partial charge in [-0.1, -0.05) is 6.08 Å². The summed E-state index contributed by atoms with van der Waals surface area (Å²) in [6.07, 6.45) is 1.43. The Morgan fingerprint density at radius 2 is 2.18 bits per heavy atom. The number of aliphatic hydroxyl groups is 1. The van der Waals surface area contributed by atoms with Gasteiger partial charge in [0.2, 0.25) is 0 Å². The number of aliphatic carboxylic acids is 1. The van der Waals surface area contributed by atoms with E-state index < -0.39 is 18.1 Å². The second-order valence-electron chi connectivity index (χ2n) is 2.11. The first kappa shape index (κ1) is 13.0. The van der Waals surface area contributed by atoms with Crippen LogP contribution in [0, 0.1) is 0 Å². The third kappa shape index (κ3) is 3.36. The van der Waals surface area contributed by atoms with Gasteiger partial charge < -0.3 is 15.9 Å². The molecule has 0 unspecified atom stereocenters. The lowest BCUT2D eigenvalue weighted by Crippen LogP contribution is -2.50. The first-order valence-electron chi connectivity index (χ1n) is 2.81. The summed E-state index contributed by atoms with van der Waals surface area (Å²) in [7, 11) is 0. The van der Waals surface area contributed by atoms with Gasteiger partial charge in [0.1, 0.15) is 5.54 Å². The summed E-state index contributed by atoms with van der Waals surface area (Å²) in [4.78, 5) is 10.3. The van der Waals surface area contributed by atoms with E-state index >= 15 is 0 Å². The summed E-state index contributed by atoms with van der Waals surface area (Å²) in [6.45, 7) is 2.75. The van der Waals surface area contributed by atoms with Gasteiger partial charge in [0, 0.05) is 0 Å². The van der Waals surface area contributed by atoms with Crippen LogP contribution in [0.2, 0.25) is 0 Å². The molecule has 5 heteroatoms. The molecule has 0 amide bonds. The number of hydrogen-bond donors (Lipinski definition) is 3. The van der Waals surface area contributed by atoms with Crippen molar-refractivity contribution in [1.29, 1.82) is 0 Å². The fourth-order valence-electron chi connectivity index (χ4n) is 0.477. The summed E-state index contributed by atoms with van der Waals surface area (Å²) in [5.74, 6) is -1.21. The number of nitrogens with two attached hydrogens (primary N) is 1. The lowest BCUT2D eigenvalue weighted by molar-refractivity contribution is -0.144. The van der Waals surface area contributed by atoms with Crippen LogP contribution in [0.4, 0.5) is 0 Å². The summed E-state index contributed by atoms with van der Waals surface area (Å²) in [5, 5.41) is 17.0. The molecule has 0 aliphatic carbocycles. The van der Waals surface area contributed by atoms with Gasteiger partial charge in [-0.2, -0.15) is 0 Å². The van der Waals surface area contributed by atoms with E-state index in [0.29, 0.717) is 0 Å². The summed E-state index contributed by atoms with van der Waals surface area (Å²) < 4.78 is 0. The highest BCUT2D eigenvalue weighted by Crippen LogP contribution is 2.05. The fourth-order valence-corrected chi connectivity index (χ4v) is 0.477. The van der Waals surface area contributed by atoms with Crippen molar-refractivity contribution in [2.45, 2.75) is 12.0 Å². The molecule has 0 spiro atoms. The Hall–Kier alpha value is -0.580. The van der Waals surface area contributed by atoms with Crippen LogP contribution >= 0.6 is 12.4 Å². The third-order valence-corrected chi connectivity index (χ3v) is 1.22. The van der Waals surface area contributed by atoms with Crippen LogP contribution in [0.5, 0.6) is 0 Å². The molecule has 0 bridgehead atoms. The van der Waals surface area contributed by atoms with Crippen LogP contribution in [0.1, 0.15) is 6.42 Å². The van der Waals surface area contributed by atoms with Crippen LogP contribution < -0.4 is 5.73 Å². The maximum absolute atomic E-state index is 10.3. The first-order chi connectivity index (χ1) is 4.56. The largest absolute Gasteiger partial charge is 0.480 e. The standard InChI is InChI=1S/C6H11NO3.ClH/c1-2-3-6(7,4-8)5(9)10;/h2,8H,1,3-4,7H2,(H,9,10);1H/t6-;/m1./s1. The molecule has 0 saturated carbocycles. The minimum Gasteiger partial charge on any atom is -0.480 e. The SMILES string of the molecule is C=CC[C@@](N)(CO)C(=O)O.Cl. The van der Waals surface area contributed by atoms with E-state index in [-0.39, 0.29) is 18.8 Å². The van der Waals surface area contributed by atoms with Crippen molar-refractivity contribution < 1.29 is 15.0 Å². The number of aliphatic hydroxyl groups excluding tert-OH is 1. The number of carbonyl (C=O) groups is 1. The molecule has 0 fully saturated rings. The van der Waals surface area contributed by atoms with Crippen LogP contribution in [0.15, 0.2) is 12.7 Å². The molecule has 0 saturated heterocycles. The van der Waals surface area contributed by atoms with Crippen molar-refractivity contribution in [3.8, 4) is 0 Å². The maximum atomic E-state index is 10.3. The topological polar surface area (TPSA) is 83.5 Å². The molecule has 66 valence electrons. The molecule has 0 heterocycles. The van der Waals surface area contributed by atoms with Gasteiger partial charge in [0.05, 0.1) is 6.61 Å². The molecular formula is C6H12ClNO3. The average molecular weight is 182 g/mol. The van der Waals surface area contributed by atoms with Gasteiger partial charge in [-0.05, 0) is 6.42 Å². The number of carboxylic acid groups (broad SMARTS) is 1. The van der Waals surface area contributed by atoms with E-state index in [9.17, 15) is 4.79 Å². The summed E-state index contributed by atoms with van der Waals surface area (Å²) >= 11 is 0. The smallest absolute Gasteiger partial charge is 0.326 e. The average Bonchev–Trinajstić information content (AvgIpc) is 1.88. The van der Waals surface area contributed by atoms with Gasteiger partial charge in [-0.25, -0.2) is 0 Å². The highest BCUT2D eigenvalue weighted by molar-refractivity contribution is 5.85. The lowest BCUT2D eigenvalue weighted by Gasteiger charge is -2.19. The van der Waals surface area contributed by atoms with Crippen molar-refractivity contribution in [1.82, 2.24) is 0 Å². The molecule has 0 rings (SSSR count). The van der Waals surface area contributed by atoms with Crippen molar-refractivity contribution >= 4 is 18.4 Å². The Balaban J connectivity index is 0. The zero-order valence-electron chi connectivity index (χ0n) is 5.99. The van der Waals surface area contributed by atoms with Crippen molar-refractivity contribution in [3.05, 3.63) is 12.7 Å². The third-order valence-electron chi connectivity index (χ3n) is 1.22. The Morgan fingerprint density at radius 3 is 2.27 bits per heavy atom. The Morgan fingerprint density at radius 1 is 1.73 bits per heavy atom. The van der Waals surface area contributed by atoms with Gasteiger partial charge in [-0.15, -0.1) is 19.0 Å². The van der Waals surface area contributed by atoms with Crippen LogP contribution in [0.3, 0.4) is 0 Å². The second kappa shape index (κ2) is 5.12. The first-order valence-corrected chi connectivity index (χ1v) is 2.81. The van der Waals surface area contributed by atoms with Crippen molar-refractivity contribution in [3.63, 3.8) is 0 Å². The zero-order valence-corrected chi connectivity index (χ0v) is 6.80. The Kier molecular flexibility index (Phi) is 6.07. The quantitative estimate of drug-likeness (QED) is 0.523. The molecule has 0 aliphatic rings. The number of hydrogen-bond acceptors (Lipinski definition) is 3. The highest BCUT2D eigenvalue weighted by Gasteiger charge is 2.31. The Bertz CT molecular complexity index is 151. The van der Waals surface area contributed by atoms with Gasteiger partial charge >= 0.3 is 5.97 Å². The Labute approximate surface area is 71.1 Å². The van der Waals surface area contributed by atoms with Crippen LogP contribution in [0.25, 0.3) is 0 Å². The second-order valence-corrected chi connectivity index (χ2v) is 2.11. The van der Waals surface area contributed by atoms with E-state index in [4.69, 9.17) is 15.9 Å². The monoisotopic (exact) mass is 181 g/mol. The molecule has 0 aromatic heterocycles. The molecular weight excluding hydrogens is 170 g/mol. The zero-order chi connectivity index (χ0) is 8.20. The van der Waals surface area contributed by atoms with Crippen molar-refractivity contribution in [2.24, 2.45) is 5.73 Å². The summed E-state index contributed by atoms with van der Waals surface area (Å²) in [6, 6.07) is 0. The minimum atomic E-state index is -1.55. The van der Waals surface area contributed by atoms with E-state index in [1.807, 2.05) is 0 Å². The molecule has 11 heavy (non-hydrogen) atoms. The molecule has 0 aliphatic heterocycles. The highest BCUT2D eigenvalue weighted by atomic mass is 35.5. The number of rotatable bonds is 4. The molecule has 1 atom stereocenters. The van der Waals surface area contributed by atoms with Gasteiger partial charge in [0.25, 0.3) is 0 Å². The molecule has 0 radical (unpaired) electrons. The lowest BCUT2D eigenvalue weighted by atomic mass is 9.98. The van der Waals surface area contributed by atoms with Crippen LogP contribution in [-0.4, -0.2) is 28.3 Å². The fraction of sp³-hybridized carbons (Fsp3) is 0.500. The normalized spacial score (nSPS) is 14.4. The number of halogens is 1. The predicted molar refractivity (Wildman–Crippen MR) is 43.7 cm³/mol. The van der Waals surface area contributed by atoms with Crippen molar-refractivity contribution in [2.75, 3.05) is 6.61 Å². The van der Waals surface area contributed by atoms with E-state index in [1.165, 1.54) is 6.08 Å². The van der Waals surface area contributed by atoms with E-state index in [1.54, 1.807) is 0 Å². The number of carboxylic acids is 1. The van der Waals surface area contributed by atoms with Gasteiger partial charge in [-0.3, -0.25) is 4.79 Å².